The first kappa shape index (κ1) is 19.9. The summed E-state index contributed by atoms with van der Waals surface area (Å²) in [6.45, 7) is 5.50. The number of aromatic amines is 1. The van der Waals surface area contributed by atoms with Gasteiger partial charge in [0, 0.05) is 17.3 Å². The molecular formula is C19H16Cl2N4O3S. The Hall–Kier alpha value is -2.42. The highest BCUT2D eigenvalue weighted by Gasteiger charge is 2.19. The third-order valence-electron chi connectivity index (χ3n) is 4.60. The topological polar surface area (TPSA) is 89.3 Å². The lowest BCUT2D eigenvalue weighted by molar-refractivity contribution is -0.148. The molecule has 4 heterocycles. The molecule has 1 unspecified atom stereocenters. The number of nitrogens with zero attached hydrogens (tertiary/aromatic N) is 3. The van der Waals surface area contributed by atoms with Crippen molar-refractivity contribution in [3.63, 3.8) is 0 Å². The van der Waals surface area contributed by atoms with Crippen molar-refractivity contribution in [2.24, 2.45) is 0 Å². The predicted octanol–water partition coefficient (Wildman–Crippen LogP) is 4.40. The van der Waals surface area contributed by atoms with E-state index < -0.39 is 12.1 Å². The quantitative estimate of drug-likeness (QED) is 0.465. The second-order valence-corrected chi connectivity index (χ2v) is 8.74. The first-order valence-corrected chi connectivity index (χ1v) is 10.3. The summed E-state index contributed by atoms with van der Waals surface area (Å²) in [6, 6.07) is 1.59. The summed E-state index contributed by atoms with van der Waals surface area (Å²) in [5.74, 6) is -0.189. The molecule has 0 saturated carbocycles. The minimum atomic E-state index is -0.711. The molecule has 1 N–H and O–H groups in total. The van der Waals surface area contributed by atoms with Gasteiger partial charge in [0.05, 0.1) is 27.5 Å². The number of nitrogens with one attached hydrogen (secondary N) is 1. The second-order valence-electron chi connectivity index (χ2n) is 6.69. The molecule has 0 radical (unpaired) electrons. The number of halogens is 2. The Bertz CT molecular complexity index is 1320. The smallest absolute Gasteiger partial charge is 0.312 e. The zero-order valence-electron chi connectivity index (χ0n) is 15.7. The number of carbonyl (C=O) groups is 1. The molecule has 4 rings (SSSR count). The Morgan fingerprint density at radius 3 is 2.83 bits per heavy atom. The van der Waals surface area contributed by atoms with Crippen LogP contribution in [0.2, 0.25) is 10.0 Å². The minimum Gasteiger partial charge on any atom is -0.454 e. The van der Waals surface area contributed by atoms with Crippen molar-refractivity contribution in [3.8, 4) is 0 Å². The van der Waals surface area contributed by atoms with Gasteiger partial charge in [-0.15, -0.1) is 11.3 Å². The lowest BCUT2D eigenvalue weighted by Gasteiger charge is -2.12. The van der Waals surface area contributed by atoms with Gasteiger partial charge in [-0.05, 0) is 32.4 Å². The number of ether oxygens (including phenoxy) is 1. The first-order chi connectivity index (χ1) is 13.7. The molecule has 0 saturated heterocycles. The third kappa shape index (κ3) is 3.75. The van der Waals surface area contributed by atoms with E-state index >= 15 is 0 Å². The van der Waals surface area contributed by atoms with E-state index in [0.29, 0.717) is 37.4 Å². The number of pyridine rings is 1. The van der Waals surface area contributed by atoms with Crippen LogP contribution in [0.1, 0.15) is 35.0 Å². The summed E-state index contributed by atoms with van der Waals surface area (Å²) < 4.78 is 7.11. The van der Waals surface area contributed by atoms with Gasteiger partial charge in [-0.2, -0.15) is 0 Å². The standard InChI is InChI=1S/C19H16Cl2N4O3S/c1-8-10(3)29-19-15(8)18(27)23-16(24-19)9(2)28-14(26)5-12-7-25-6-11(20)4-13(21)17(25)22-12/h4,6-7,9H,5H2,1-3H3,(H,23,24,27). The van der Waals surface area contributed by atoms with Crippen molar-refractivity contribution in [3.05, 3.63) is 60.8 Å². The minimum absolute atomic E-state index is 0.0519. The van der Waals surface area contributed by atoms with Gasteiger partial charge in [0.1, 0.15) is 4.83 Å². The molecule has 10 heteroatoms. The van der Waals surface area contributed by atoms with Crippen molar-refractivity contribution in [1.82, 2.24) is 19.4 Å². The van der Waals surface area contributed by atoms with Gasteiger partial charge in [-0.3, -0.25) is 9.59 Å². The number of hydrogen-bond donors (Lipinski definition) is 1. The maximum Gasteiger partial charge on any atom is 0.312 e. The molecule has 0 aliphatic heterocycles. The Balaban J connectivity index is 1.53. The van der Waals surface area contributed by atoms with Crippen LogP contribution in [-0.2, 0) is 16.0 Å². The summed E-state index contributed by atoms with van der Waals surface area (Å²) in [5, 5.41) is 1.43. The highest BCUT2D eigenvalue weighted by molar-refractivity contribution is 7.18. The zero-order chi connectivity index (χ0) is 20.9. The van der Waals surface area contributed by atoms with Gasteiger partial charge >= 0.3 is 5.97 Å². The van der Waals surface area contributed by atoms with Gasteiger partial charge in [-0.25, -0.2) is 9.97 Å². The molecule has 150 valence electrons. The van der Waals surface area contributed by atoms with Crippen LogP contribution in [0.4, 0.5) is 0 Å². The van der Waals surface area contributed by atoms with Crippen LogP contribution in [0.3, 0.4) is 0 Å². The van der Waals surface area contributed by atoms with E-state index in [9.17, 15) is 9.59 Å². The van der Waals surface area contributed by atoms with Crippen LogP contribution in [0.5, 0.6) is 0 Å². The van der Waals surface area contributed by atoms with Crippen LogP contribution in [0, 0.1) is 13.8 Å². The highest BCUT2D eigenvalue weighted by atomic mass is 35.5. The van der Waals surface area contributed by atoms with Gasteiger partial charge in [0.15, 0.2) is 17.6 Å². The Kier molecular flexibility index (Phi) is 5.10. The average molecular weight is 451 g/mol. The van der Waals surface area contributed by atoms with E-state index in [2.05, 4.69) is 15.0 Å². The summed E-state index contributed by atoms with van der Waals surface area (Å²) in [5.41, 5.74) is 1.68. The number of carbonyl (C=O) groups excluding carboxylic acids is 1. The van der Waals surface area contributed by atoms with Crippen LogP contribution in [-0.4, -0.2) is 25.3 Å². The molecule has 4 aromatic rings. The lowest BCUT2D eigenvalue weighted by atomic mass is 10.2. The Morgan fingerprint density at radius 2 is 2.07 bits per heavy atom. The number of H-pyrrole nitrogens is 1. The van der Waals surface area contributed by atoms with Gasteiger partial charge in [0.25, 0.3) is 5.56 Å². The number of aryl methyl sites for hydroxylation is 2. The third-order valence-corrected chi connectivity index (χ3v) is 6.18. The molecule has 7 nitrogen and oxygen atoms in total. The monoisotopic (exact) mass is 450 g/mol. The number of imidazole rings is 1. The molecule has 0 aliphatic rings. The summed E-state index contributed by atoms with van der Waals surface area (Å²) in [6.07, 6.45) is 2.56. The fraction of sp³-hybridized carbons (Fsp3) is 0.263. The van der Waals surface area contributed by atoms with Crippen molar-refractivity contribution >= 4 is 56.4 Å². The molecule has 0 bridgehead atoms. The summed E-state index contributed by atoms with van der Waals surface area (Å²) in [7, 11) is 0. The van der Waals surface area contributed by atoms with Crippen molar-refractivity contribution in [2.75, 3.05) is 0 Å². The molecule has 0 fully saturated rings. The van der Waals surface area contributed by atoms with Crippen LogP contribution < -0.4 is 5.56 Å². The van der Waals surface area contributed by atoms with E-state index in [-0.39, 0.29) is 12.0 Å². The number of rotatable bonds is 4. The maximum absolute atomic E-state index is 12.4. The number of thiophene rings is 1. The number of aromatic nitrogens is 4. The van der Waals surface area contributed by atoms with Crippen molar-refractivity contribution < 1.29 is 9.53 Å². The molecule has 0 aliphatic carbocycles. The van der Waals surface area contributed by atoms with Gasteiger partial charge in [-0.1, -0.05) is 23.2 Å². The first-order valence-electron chi connectivity index (χ1n) is 8.75. The van der Waals surface area contributed by atoms with Gasteiger partial charge in [0.2, 0.25) is 0 Å². The number of esters is 1. The van der Waals surface area contributed by atoms with Crippen LogP contribution in [0.15, 0.2) is 23.3 Å². The SMILES string of the molecule is Cc1sc2nc(C(C)OC(=O)Cc3cn4cc(Cl)cc(Cl)c4n3)[nH]c(=O)c2c1C. The molecular weight excluding hydrogens is 435 g/mol. The average Bonchev–Trinajstić information content (AvgIpc) is 3.15. The Labute approximate surface area is 179 Å². The molecule has 0 spiro atoms. The summed E-state index contributed by atoms with van der Waals surface area (Å²) in [4.78, 5) is 38.0. The molecule has 4 aromatic heterocycles. The fourth-order valence-electron chi connectivity index (χ4n) is 3.07. The van der Waals surface area contributed by atoms with Crippen LogP contribution in [0.25, 0.3) is 15.9 Å². The van der Waals surface area contributed by atoms with E-state index in [1.165, 1.54) is 11.3 Å². The van der Waals surface area contributed by atoms with Crippen molar-refractivity contribution in [2.45, 2.75) is 33.3 Å². The Morgan fingerprint density at radius 1 is 1.31 bits per heavy atom. The lowest BCUT2D eigenvalue weighted by Crippen LogP contribution is -2.18. The normalized spacial score (nSPS) is 12.6. The zero-order valence-corrected chi connectivity index (χ0v) is 18.1. The van der Waals surface area contributed by atoms with E-state index in [1.807, 2.05) is 13.8 Å². The highest BCUT2D eigenvalue weighted by Crippen LogP contribution is 2.27. The van der Waals surface area contributed by atoms with E-state index in [0.717, 1.165) is 10.4 Å². The predicted molar refractivity (Wildman–Crippen MR) is 113 cm³/mol. The molecule has 0 aromatic carbocycles. The largest absolute Gasteiger partial charge is 0.454 e. The van der Waals surface area contributed by atoms with Gasteiger partial charge < -0.3 is 14.1 Å². The number of hydrogen-bond acceptors (Lipinski definition) is 6. The van der Waals surface area contributed by atoms with E-state index in [1.54, 1.807) is 29.8 Å². The van der Waals surface area contributed by atoms with E-state index in [4.69, 9.17) is 27.9 Å². The molecule has 0 amide bonds. The summed E-state index contributed by atoms with van der Waals surface area (Å²) >= 11 is 13.6. The van der Waals surface area contributed by atoms with Crippen molar-refractivity contribution in [1.29, 1.82) is 0 Å². The maximum atomic E-state index is 12.4. The number of fused-ring (bicyclic) bond motifs is 2. The molecule has 1 atom stereocenters. The fourth-order valence-corrected chi connectivity index (χ4v) is 4.63. The molecule has 29 heavy (non-hydrogen) atoms. The second kappa shape index (κ2) is 7.44. The van der Waals surface area contributed by atoms with Crippen LogP contribution >= 0.6 is 34.5 Å².